The van der Waals surface area contributed by atoms with Crippen LogP contribution in [0.4, 0.5) is 5.69 Å². The van der Waals surface area contributed by atoms with Crippen molar-refractivity contribution in [3.63, 3.8) is 0 Å². The quantitative estimate of drug-likeness (QED) is 0.799. The number of hydrogen-bond donors (Lipinski definition) is 1. The van der Waals surface area contributed by atoms with Gasteiger partial charge in [0.1, 0.15) is 11.8 Å². The van der Waals surface area contributed by atoms with Gasteiger partial charge < -0.3 is 10.1 Å². The average Bonchev–Trinajstić information content (AvgIpc) is 3.05. The number of nitrogens with zero attached hydrogens (tertiary/aromatic N) is 1. The van der Waals surface area contributed by atoms with E-state index >= 15 is 0 Å². The molecule has 1 heterocycles. The molecule has 9 heteroatoms. The van der Waals surface area contributed by atoms with Gasteiger partial charge in [0.05, 0.1) is 17.0 Å². The third kappa shape index (κ3) is 3.83. The summed E-state index contributed by atoms with van der Waals surface area (Å²) in [4.78, 5) is 25.0. The Kier molecular flexibility index (Phi) is 5.62. The highest BCUT2D eigenvalue weighted by molar-refractivity contribution is 7.89. The molecular weight excluding hydrogens is 404 g/mol. The first-order chi connectivity index (χ1) is 13.2. The summed E-state index contributed by atoms with van der Waals surface area (Å²) in [5.74, 6) is -0.754. The third-order valence-electron chi connectivity index (χ3n) is 4.46. The van der Waals surface area contributed by atoms with Crippen LogP contribution >= 0.6 is 11.6 Å². The number of anilines is 1. The van der Waals surface area contributed by atoms with Crippen molar-refractivity contribution in [3.8, 4) is 5.75 Å². The van der Waals surface area contributed by atoms with Crippen molar-refractivity contribution in [2.45, 2.75) is 30.7 Å². The predicted molar refractivity (Wildman–Crippen MR) is 105 cm³/mol. The van der Waals surface area contributed by atoms with E-state index in [0.29, 0.717) is 20.8 Å². The highest BCUT2D eigenvalue weighted by Gasteiger charge is 2.44. The highest BCUT2D eigenvalue weighted by Crippen LogP contribution is 2.30. The van der Waals surface area contributed by atoms with Crippen LogP contribution in [-0.2, 0) is 19.6 Å². The minimum atomic E-state index is -4.13. The smallest absolute Gasteiger partial charge is 0.267 e. The molecule has 1 saturated heterocycles. The Labute approximate surface area is 168 Å². The molecule has 0 bridgehead atoms. The van der Waals surface area contributed by atoms with Crippen molar-refractivity contribution in [1.82, 2.24) is 4.31 Å². The van der Waals surface area contributed by atoms with E-state index in [1.807, 2.05) is 6.92 Å². The first-order valence-corrected chi connectivity index (χ1v) is 10.3. The van der Waals surface area contributed by atoms with Crippen molar-refractivity contribution in [2.24, 2.45) is 0 Å². The number of carbonyl (C=O) groups excluding carboxylic acids is 2. The van der Waals surface area contributed by atoms with Gasteiger partial charge in [-0.05, 0) is 43.7 Å². The maximum absolute atomic E-state index is 12.9. The van der Waals surface area contributed by atoms with E-state index in [0.717, 1.165) is 5.56 Å². The number of amides is 2. The zero-order valence-corrected chi connectivity index (χ0v) is 16.9. The third-order valence-corrected chi connectivity index (χ3v) is 6.60. The number of halogens is 1. The van der Waals surface area contributed by atoms with E-state index in [2.05, 4.69) is 5.32 Å². The van der Waals surface area contributed by atoms with E-state index in [4.69, 9.17) is 16.3 Å². The molecule has 3 rings (SSSR count). The van der Waals surface area contributed by atoms with Crippen molar-refractivity contribution in [3.05, 3.63) is 53.1 Å². The zero-order chi connectivity index (χ0) is 20.5. The molecular formula is C19H19ClN2O5S. The molecule has 1 aliphatic rings. The van der Waals surface area contributed by atoms with E-state index in [1.54, 1.807) is 24.3 Å². The Morgan fingerprint density at radius 3 is 2.50 bits per heavy atom. The molecule has 2 aromatic rings. The molecule has 0 saturated carbocycles. The van der Waals surface area contributed by atoms with E-state index in [1.165, 1.54) is 25.3 Å². The van der Waals surface area contributed by atoms with Crippen LogP contribution in [0.15, 0.2) is 47.4 Å². The summed E-state index contributed by atoms with van der Waals surface area (Å²) in [7, 11) is -2.66. The second-order valence-electron chi connectivity index (χ2n) is 6.40. The largest absolute Gasteiger partial charge is 0.495 e. The highest BCUT2D eigenvalue weighted by atomic mass is 35.5. The molecule has 1 aliphatic heterocycles. The van der Waals surface area contributed by atoms with Gasteiger partial charge in [-0.3, -0.25) is 9.59 Å². The normalized spacial score (nSPS) is 16.9. The van der Waals surface area contributed by atoms with Gasteiger partial charge in [-0.25, -0.2) is 12.7 Å². The maximum Gasteiger partial charge on any atom is 0.267 e. The van der Waals surface area contributed by atoms with Crippen molar-refractivity contribution >= 4 is 39.1 Å². The molecule has 0 aliphatic carbocycles. The molecule has 1 atom stereocenters. The average molecular weight is 423 g/mol. The van der Waals surface area contributed by atoms with Gasteiger partial charge in [0.25, 0.3) is 10.0 Å². The Balaban J connectivity index is 1.86. The zero-order valence-electron chi connectivity index (χ0n) is 15.3. The Morgan fingerprint density at radius 1 is 1.21 bits per heavy atom. The molecule has 0 radical (unpaired) electrons. The number of rotatable bonds is 5. The van der Waals surface area contributed by atoms with Gasteiger partial charge in [-0.15, -0.1) is 0 Å². The molecule has 2 amide bonds. The van der Waals surface area contributed by atoms with Crippen molar-refractivity contribution in [2.75, 3.05) is 12.4 Å². The van der Waals surface area contributed by atoms with Gasteiger partial charge >= 0.3 is 0 Å². The summed E-state index contributed by atoms with van der Waals surface area (Å²) in [5.41, 5.74) is 1.26. The molecule has 0 unspecified atom stereocenters. The fourth-order valence-corrected chi connectivity index (χ4v) is 4.85. The number of ether oxygens (including phenoxy) is 1. The second kappa shape index (κ2) is 7.81. The molecule has 1 N–H and O–H groups in total. The number of nitrogens with one attached hydrogen (secondary N) is 1. The van der Waals surface area contributed by atoms with Crippen molar-refractivity contribution < 1.29 is 22.7 Å². The summed E-state index contributed by atoms with van der Waals surface area (Å²) in [6.07, 6.45) is 0.0895. The lowest BCUT2D eigenvalue weighted by Crippen LogP contribution is -2.45. The minimum Gasteiger partial charge on any atom is -0.495 e. The fourth-order valence-electron chi connectivity index (χ4n) is 2.99. The lowest BCUT2D eigenvalue weighted by atomic mass is 10.2. The monoisotopic (exact) mass is 422 g/mol. The van der Waals surface area contributed by atoms with Gasteiger partial charge in [0, 0.05) is 12.1 Å². The molecule has 0 aromatic heterocycles. The van der Waals surface area contributed by atoms with Gasteiger partial charge in [0.15, 0.2) is 0 Å². The molecule has 0 spiro atoms. The van der Waals surface area contributed by atoms with Crippen molar-refractivity contribution in [1.29, 1.82) is 0 Å². The lowest BCUT2D eigenvalue weighted by molar-refractivity contribution is -0.128. The van der Waals surface area contributed by atoms with E-state index < -0.39 is 27.9 Å². The Morgan fingerprint density at radius 2 is 1.89 bits per heavy atom. The van der Waals surface area contributed by atoms with Crippen LogP contribution in [0.2, 0.25) is 5.02 Å². The van der Waals surface area contributed by atoms with Crippen LogP contribution < -0.4 is 10.1 Å². The predicted octanol–water partition coefficient (Wildman–Crippen LogP) is 2.98. The van der Waals surface area contributed by atoms with Crippen LogP contribution in [-0.4, -0.2) is 37.7 Å². The van der Waals surface area contributed by atoms with Crippen LogP contribution in [0, 0.1) is 6.92 Å². The van der Waals surface area contributed by atoms with Crippen LogP contribution in [0.3, 0.4) is 0 Å². The number of aryl methyl sites for hydroxylation is 1. The summed E-state index contributed by atoms with van der Waals surface area (Å²) in [6, 6.07) is 9.66. The lowest BCUT2D eigenvalue weighted by Gasteiger charge is -2.24. The topological polar surface area (TPSA) is 92.8 Å². The summed E-state index contributed by atoms with van der Waals surface area (Å²) in [5, 5.41) is 2.92. The molecule has 7 nitrogen and oxygen atoms in total. The maximum atomic E-state index is 12.9. The molecule has 148 valence electrons. The summed E-state index contributed by atoms with van der Waals surface area (Å²) < 4.78 is 31.6. The second-order valence-corrected chi connectivity index (χ2v) is 8.62. The number of hydrogen-bond acceptors (Lipinski definition) is 5. The number of carbonyl (C=O) groups is 2. The number of sulfonamides is 1. The standard InChI is InChI=1S/C19H19ClN2O5S/c1-12-3-6-14(7-4-12)28(25,26)22-16(8-10-18(22)23)19(24)21-13-5-9-17(27-2)15(20)11-13/h3-7,9,11,16H,8,10H2,1-2H3,(H,21,24)/t16-/m0/s1. The van der Waals surface area contributed by atoms with Crippen LogP contribution in [0.1, 0.15) is 18.4 Å². The van der Waals surface area contributed by atoms with Gasteiger partial charge in [0.2, 0.25) is 11.8 Å². The number of methoxy groups -OCH3 is 1. The first kappa shape index (κ1) is 20.2. The summed E-state index contributed by atoms with van der Waals surface area (Å²) >= 11 is 6.05. The molecule has 2 aromatic carbocycles. The SMILES string of the molecule is COc1ccc(NC(=O)[C@@H]2CCC(=O)N2S(=O)(=O)c2ccc(C)cc2)cc1Cl. The van der Waals surface area contributed by atoms with E-state index in [-0.39, 0.29) is 17.7 Å². The van der Waals surface area contributed by atoms with Gasteiger partial charge in [-0.2, -0.15) is 0 Å². The number of benzene rings is 2. The molecule has 1 fully saturated rings. The Hall–Kier alpha value is -2.58. The van der Waals surface area contributed by atoms with E-state index in [9.17, 15) is 18.0 Å². The Bertz CT molecular complexity index is 1020. The van der Waals surface area contributed by atoms with Crippen LogP contribution in [0.5, 0.6) is 5.75 Å². The minimum absolute atomic E-state index is 0.0213. The fraction of sp³-hybridized carbons (Fsp3) is 0.263. The first-order valence-electron chi connectivity index (χ1n) is 8.52. The van der Waals surface area contributed by atoms with Gasteiger partial charge in [-0.1, -0.05) is 29.3 Å². The molecule has 28 heavy (non-hydrogen) atoms. The summed E-state index contributed by atoms with van der Waals surface area (Å²) in [6.45, 7) is 1.83. The van der Waals surface area contributed by atoms with Crippen LogP contribution in [0.25, 0.3) is 0 Å².